The van der Waals surface area contributed by atoms with Crippen LogP contribution in [-0.2, 0) is 10.1 Å². The molecule has 90 valence electrons. The van der Waals surface area contributed by atoms with E-state index in [0.717, 1.165) is 10.2 Å². The Morgan fingerprint density at radius 3 is 2.35 bits per heavy atom. The minimum atomic E-state index is -4.04. The van der Waals surface area contributed by atoms with E-state index >= 15 is 0 Å². The maximum atomic E-state index is 10.4. The Balaban J connectivity index is 0.00000256. The molecule has 4 nitrogen and oxygen atoms in total. The monoisotopic (exact) mass is 382 g/mol. The molecule has 0 aliphatic heterocycles. The van der Waals surface area contributed by atoms with Crippen LogP contribution in [0.15, 0.2) is 24.3 Å². The van der Waals surface area contributed by atoms with Gasteiger partial charge in [-0.1, -0.05) is 0 Å². The molecular weight excluding hydrogens is 367 g/mol. The second kappa shape index (κ2) is 8.76. The van der Waals surface area contributed by atoms with Crippen LogP contribution in [0.25, 0.3) is 0 Å². The van der Waals surface area contributed by atoms with Crippen LogP contribution in [-0.4, -0.2) is 46.8 Å². The van der Waals surface area contributed by atoms with Gasteiger partial charge in [0.05, 0.1) is 0 Å². The Morgan fingerprint density at radius 1 is 1.29 bits per heavy atom. The second-order valence-corrected chi connectivity index (χ2v) is 8.00. The minimum Gasteiger partial charge on any atom is 1.00 e. The number of ether oxygens (including phenoxy) is 1. The number of hydrogen-bond acceptors (Lipinski definition) is 4. The van der Waals surface area contributed by atoms with Crippen LogP contribution in [0.1, 0.15) is 6.42 Å². The van der Waals surface area contributed by atoms with E-state index < -0.39 is 10.1 Å². The summed E-state index contributed by atoms with van der Waals surface area (Å²) in [5.74, 6) is 0.576. The fraction of sp³-hybridized carbons (Fsp3) is 0.400. The third-order valence-corrected chi connectivity index (χ3v) is 5.79. The number of rotatable bonds is 6. The third kappa shape index (κ3) is 8.44. The fourth-order valence-corrected chi connectivity index (χ4v) is 4.60. The molecule has 0 aliphatic rings. The van der Waals surface area contributed by atoms with Crippen LogP contribution in [0.2, 0.25) is 4.47 Å². The van der Waals surface area contributed by atoms with Gasteiger partial charge in [0.1, 0.15) is 0 Å². The van der Waals surface area contributed by atoms with E-state index in [4.69, 9.17) is 4.74 Å². The standard InChI is InChI=1S/C10H14O4STe.Na/c1-14-9-3-5-10(6-4-9)16-8-2-7-15(11,12)13;/h3-6H,2,7-8H2,1H3,(H,11,12,13);/q;+1/p-1. The first-order chi connectivity index (χ1) is 7.51. The van der Waals surface area contributed by atoms with Crippen molar-refractivity contribution < 1.29 is 47.3 Å². The molecule has 0 aliphatic carbocycles. The summed E-state index contributed by atoms with van der Waals surface area (Å²) in [6.07, 6.45) is 0.472. The molecule has 0 radical (unpaired) electrons. The molecule has 0 amide bonds. The molecule has 0 spiro atoms. The average Bonchev–Trinajstić information content (AvgIpc) is 2.24. The number of hydrogen-bond donors (Lipinski definition) is 0. The van der Waals surface area contributed by atoms with Crippen LogP contribution >= 0.6 is 0 Å². The average molecular weight is 380 g/mol. The summed E-state index contributed by atoms with van der Waals surface area (Å²) in [6.45, 7) is 0. The van der Waals surface area contributed by atoms with E-state index in [9.17, 15) is 13.0 Å². The summed E-state index contributed by atoms with van der Waals surface area (Å²) in [6, 6.07) is 7.77. The fourth-order valence-electron chi connectivity index (χ4n) is 1.10. The minimum absolute atomic E-state index is 0. The van der Waals surface area contributed by atoms with Gasteiger partial charge in [0, 0.05) is 0 Å². The zero-order chi connectivity index (χ0) is 12.0. The van der Waals surface area contributed by atoms with Gasteiger partial charge in [-0.3, -0.25) is 0 Å². The van der Waals surface area contributed by atoms with E-state index in [0.29, 0.717) is 6.42 Å². The van der Waals surface area contributed by atoms with Gasteiger partial charge in [0.2, 0.25) is 0 Å². The molecule has 1 aromatic rings. The van der Waals surface area contributed by atoms with Crippen molar-refractivity contribution in [3.05, 3.63) is 24.3 Å². The maximum absolute atomic E-state index is 10.4. The summed E-state index contributed by atoms with van der Waals surface area (Å²) < 4.78 is 38.2. The molecule has 0 saturated carbocycles. The smallest absolute Gasteiger partial charge is 1.00 e. The van der Waals surface area contributed by atoms with Crippen molar-refractivity contribution in [3.8, 4) is 5.75 Å². The van der Waals surface area contributed by atoms with Gasteiger partial charge in [0.15, 0.2) is 0 Å². The zero-order valence-corrected chi connectivity index (χ0v) is 15.0. The zero-order valence-electron chi connectivity index (χ0n) is 9.88. The van der Waals surface area contributed by atoms with Gasteiger partial charge in [-0.2, -0.15) is 0 Å². The number of benzene rings is 1. The van der Waals surface area contributed by atoms with Gasteiger partial charge in [0.25, 0.3) is 0 Å². The summed E-state index contributed by atoms with van der Waals surface area (Å²) in [5.41, 5.74) is 0. The van der Waals surface area contributed by atoms with Crippen molar-refractivity contribution in [1.29, 1.82) is 0 Å². The predicted octanol–water partition coefficient (Wildman–Crippen LogP) is -2.62. The molecule has 0 heterocycles. The molecule has 0 N–H and O–H groups in total. The van der Waals surface area contributed by atoms with E-state index in [-0.39, 0.29) is 56.2 Å². The van der Waals surface area contributed by atoms with Gasteiger partial charge < -0.3 is 0 Å². The third-order valence-electron chi connectivity index (χ3n) is 1.87. The van der Waals surface area contributed by atoms with Crippen LogP contribution in [0, 0.1) is 0 Å². The number of methoxy groups -OCH3 is 1. The van der Waals surface area contributed by atoms with Gasteiger partial charge in [-0.05, 0) is 0 Å². The molecule has 1 rings (SSSR count). The molecule has 1 aromatic carbocycles. The van der Waals surface area contributed by atoms with Crippen LogP contribution in [0.3, 0.4) is 0 Å². The Bertz CT molecular complexity index is 418. The van der Waals surface area contributed by atoms with Crippen molar-refractivity contribution in [2.75, 3.05) is 12.9 Å². The van der Waals surface area contributed by atoms with Crippen LogP contribution in [0.4, 0.5) is 0 Å². The summed E-state index contributed by atoms with van der Waals surface area (Å²) in [5, 5.41) is 0. The second-order valence-electron chi connectivity index (χ2n) is 3.14. The van der Waals surface area contributed by atoms with Gasteiger partial charge in [-0.25, -0.2) is 0 Å². The first-order valence-electron chi connectivity index (χ1n) is 4.72. The quantitative estimate of drug-likeness (QED) is 0.308. The Kier molecular flexibility index (Phi) is 9.13. The SMILES string of the molecule is COc1ccc([Te]CCCS(=O)(=O)[O-])cc1.[Na+]. The molecule has 0 aromatic heterocycles. The predicted molar refractivity (Wildman–Crippen MR) is 62.4 cm³/mol. The van der Waals surface area contributed by atoms with Crippen molar-refractivity contribution in [3.63, 3.8) is 0 Å². The Morgan fingerprint density at radius 2 is 1.88 bits per heavy atom. The van der Waals surface area contributed by atoms with Crippen molar-refractivity contribution in [1.82, 2.24) is 0 Å². The van der Waals surface area contributed by atoms with Gasteiger partial charge in [-0.15, -0.1) is 0 Å². The van der Waals surface area contributed by atoms with E-state index in [1.54, 1.807) is 7.11 Å². The van der Waals surface area contributed by atoms with Crippen LogP contribution < -0.4 is 37.9 Å². The molecular formula is C10H13NaO4STe. The van der Waals surface area contributed by atoms with Crippen molar-refractivity contribution in [2.24, 2.45) is 0 Å². The molecule has 0 saturated heterocycles. The van der Waals surface area contributed by atoms with E-state index in [2.05, 4.69) is 0 Å². The van der Waals surface area contributed by atoms with Crippen LogP contribution in [0.5, 0.6) is 5.75 Å². The summed E-state index contributed by atoms with van der Waals surface area (Å²) in [4.78, 5) is 0. The molecule has 0 atom stereocenters. The Hall–Kier alpha value is 0.720. The first kappa shape index (κ1) is 17.7. The summed E-state index contributed by atoms with van der Waals surface area (Å²) in [7, 11) is -2.42. The topological polar surface area (TPSA) is 66.4 Å². The molecule has 0 fully saturated rings. The van der Waals surface area contributed by atoms with Crippen molar-refractivity contribution in [2.45, 2.75) is 10.9 Å². The van der Waals surface area contributed by atoms with Crippen molar-refractivity contribution >= 4 is 34.7 Å². The first-order valence-corrected chi connectivity index (χ1v) is 9.11. The summed E-state index contributed by atoms with van der Waals surface area (Å²) >= 11 is -0.384. The normalized spacial score (nSPS) is 10.7. The maximum Gasteiger partial charge on any atom is 1.00 e. The molecule has 0 unspecified atom stereocenters. The van der Waals surface area contributed by atoms with E-state index in [1.165, 1.54) is 3.61 Å². The molecule has 7 heteroatoms. The largest absolute Gasteiger partial charge is 1.00 e. The molecule has 0 bridgehead atoms. The van der Waals surface area contributed by atoms with E-state index in [1.807, 2.05) is 24.3 Å². The molecule has 17 heavy (non-hydrogen) atoms. The van der Waals surface area contributed by atoms with Gasteiger partial charge >= 0.3 is 136 Å². The Labute approximate surface area is 134 Å².